The summed E-state index contributed by atoms with van der Waals surface area (Å²) in [6, 6.07) is 7.85. The lowest BCUT2D eigenvalue weighted by Gasteiger charge is -2.35. The number of benzene rings is 1. The third-order valence-electron chi connectivity index (χ3n) is 5.00. The van der Waals surface area contributed by atoms with E-state index >= 15 is 0 Å². The van der Waals surface area contributed by atoms with E-state index in [1.807, 2.05) is 24.3 Å². The van der Waals surface area contributed by atoms with Crippen molar-refractivity contribution in [2.75, 3.05) is 0 Å². The van der Waals surface area contributed by atoms with Gasteiger partial charge in [-0.25, -0.2) is 0 Å². The van der Waals surface area contributed by atoms with E-state index in [0.717, 1.165) is 17.3 Å². The predicted octanol–water partition coefficient (Wildman–Crippen LogP) is 2.50. The quantitative estimate of drug-likeness (QED) is 0.497. The minimum Gasteiger partial charge on any atom is -0.358 e. The van der Waals surface area contributed by atoms with Gasteiger partial charge in [-0.05, 0) is 36.5 Å². The zero-order valence-corrected chi connectivity index (χ0v) is 14.7. The SMILES string of the molecule is C[C@H]1[C@@H](NC(=S)NNC(=O)c2n[nH]c3ccccc23)CCC[C@@H]1C. The molecular weight excluding hydrogens is 322 g/mol. The summed E-state index contributed by atoms with van der Waals surface area (Å²) < 4.78 is 0. The summed E-state index contributed by atoms with van der Waals surface area (Å²) in [6.07, 6.45) is 3.57. The van der Waals surface area contributed by atoms with Crippen molar-refractivity contribution in [2.45, 2.75) is 39.2 Å². The number of rotatable bonds is 2. The number of aromatic amines is 1. The molecule has 1 fully saturated rings. The van der Waals surface area contributed by atoms with Gasteiger partial charge < -0.3 is 5.32 Å². The van der Waals surface area contributed by atoms with E-state index in [0.29, 0.717) is 28.7 Å². The van der Waals surface area contributed by atoms with E-state index in [4.69, 9.17) is 12.2 Å². The maximum Gasteiger partial charge on any atom is 0.290 e. The molecular formula is C17H23N5OS. The minimum absolute atomic E-state index is 0.318. The number of H-pyrrole nitrogens is 1. The second-order valence-corrected chi connectivity index (χ2v) is 6.95. The van der Waals surface area contributed by atoms with Gasteiger partial charge in [0.1, 0.15) is 0 Å². The molecule has 1 amide bonds. The number of hydrogen-bond acceptors (Lipinski definition) is 3. The molecule has 6 nitrogen and oxygen atoms in total. The van der Waals surface area contributed by atoms with Crippen LogP contribution < -0.4 is 16.2 Å². The average molecular weight is 345 g/mol. The van der Waals surface area contributed by atoms with Crippen LogP contribution in [0, 0.1) is 11.8 Å². The summed E-state index contributed by atoms with van der Waals surface area (Å²) >= 11 is 5.30. The van der Waals surface area contributed by atoms with Crippen molar-refractivity contribution in [3.63, 3.8) is 0 Å². The van der Waals surface area contributed by atoms with Gasteiger partial charge in [0.15, 0.2) is 10.8 Å². The van der Waals surface area contributed by atoms with Crippen LogP contribution in [-0.4, -0.2) is 27.3 Å². The van der Waals surface area contributed by atoms with Crippen LogP contribution in [0.15, 0.2) is 24.3 Å². The highest BCUT2D eigenvalue weighted by molar-refractivity contribution is 7.80. The van der Waals surface area contributed by atoms with Crippen LogP contribution in [0.2, 0.25) is 0 Å². The maximum atomic E-state index is 12.3. The Morgan fingerprint density at radius 3 is 2.88 bits per heavy atom. The van der Waals surface area contributed by atoms with Crippen molar-refractivity contribution in [3.05, 3.63) is 30.0 Å². The van der Waals surface area contributed by atoms with Crippen molar-refractivity contribution >= 4 is 34.1 Å². The molecule has 0 aliphatic heterocycles. The summed E-state index contributed by atoms with van der Waals surface area (Å²) in [5.74, 6) is 0.926. The van der Waals surface area contributed by atoms with Gasteiger partial charge in [0.25, 0.3) is 5.91 Å². The summed E-state index contributed by atoms with van der Waals surface area (Å²) in [5.41, 5.74) is 6.58. The van der Waals surface area contributed by atoms with Gasteiger partial charge in [-0.15, -0.1) is 0 Å². The largest absolute Gasteiger partial charge is 0.358 e. The van der Waals surface area contributed by atoms with Gasteiger partial charge in [0.2, 0.25) is 0 Å². The van der Waals surface area contributed by atoms with E-state index in [-0.39, 0.29) is 5.91 Å². The van der Waals surface area contributed by atoms with E-state index in [9.17, 15) is 4.79 Å². The zero-order chi connectivity index (χ0) is 17.1. The highest BCUT2D eigenvalue weighted by atomic mass is 32.1. The lowest BCUT2D eigenvalue weighted by molar-refractivity contribution is 0.0939. The first-order valence-corrected chi connectivity index (χ1v) is 8.77. The number of nitrogens with zero attached hydrogens (tertiary/aromatic N) is 1. The number of thiocarbonyl (C=S) groups is 1. The van der Waals surface area contributed by atoms with Gasteiger partial charge >= 0.3 is 0 Å². The van der Waals surface area contributed by atoms with Crippen molar-refractivity contribution in [1.29, 1.82) is 0 Å². The van der Waals surface area contributed by atoms with Gasteiger partial charge in [-0.3, -0.25) is 20.7 Å². The Morgan fingerprint density at radius 1 is 1.25 bits per heavy atom. The standard InChI is InChI=1S/C17H23N5OS/c1-10-6-5-9-13(11(10)2)18-17(24)22-21-16(23)15-12-7-3-4-8-14(12)19-20-15/h3-4,7-8,10-11,13H,5-6,9H2,1-2H3,(H,19,20)(H,21,23)(H2,18,22,24)/t10-,11+,13-/m0/s1. The Bertz CT molecular complexity index is 743. The monoisotopic (exact) mass is 345 g/mol. The van der Waals surface area contributed by atoms with Gasteiger partial charge in [0.05, 0.1) is 5.52 Å². The first kappa shape index (κ1) is 16.7. The Morgan fingerprint density at radius 2 is 2.04 bits per heavy atom. The molecule has 24 heavy (non-hydrogen) atoms. The third kappa shape index (κ3) is 3.51. The molecule has 1 aliphatic carbocycles. The fourth-order valence-electron chi connectivity index (χ4n) is 3.30. The molecule has 128 valence electrons. The normalized spacial score (nSPS) is 23.7. The Kier molecular flexibility index (Phi) is 4.99. The fraction of sp³-hybridized carbons (Fsp3) is 0.471. The minimum atomic E-state index is -0.318. The molecule has 0 unspecified atom stereocenters. The van der Waals surface area contributed by atoms with Gasteiger partial charge in [-0.1, -0.05) is 44.9 Å². The van der Waals surface area contributed by atoms with Crippen molar-refractivity contribution < 1.29 is 4.79 Å². The molecule has 2 aromatic rings. The maximum absolute atomic E-state index is 12.3. The number of fused-ring (bicyclic) bond motifs is 1. The second kappa shape index (κ2) is 7.17. The van der Waals surface area contributed by atoms with Crippen LogP contribution >= 0.6 is 12.2 Å². The third-order valence-corrected chi connectivity index (χ3v) is 5.22. The van der Waals surface area contributed by atoms with Crippen LogP contribution in [0.4, 0.5) is 0 Å². The van der Waals surface area contributed by atoms with E-state index in [1.165, 1.54) is 12.8 Å². The topological polar surface area (TPSA) is 81.8 Å². The lowest BCUT2D eigenvalue weighted by Crippen LogP contribution is -2.52. The first-order valence-electron chi connectivity index (χ1n) is 8.36. The molecule has 0 radical (unpaired) electrons. The molecule has 3 atom stereocenters. The fourth-order valence-corrected chi connectivity index (χ4v) is 3.50. The van der Waals surface area contributed by atoms with Crippen molar-refractivity contribution in [3.8, 4) is 0 Å². The van der Waals surface area contributed by atoms with Gasteiger partial charge in [-0.2, -0.15) is 5.10 Å². The highest BCUT2D eigenvalue weighted by Crippen LogP contribution is 2.29. The number of hydrazine groups is 1. The molecule has 0 bridgehead atoms. The van der Waals surface area contributed by atoms with E-state index in [2.05, 4.69) is 40.2 Å². The molecule has 1 aliphatic rings. The average Bonchev–Trinajstić information content (AvgIpc) is 3.01. The van der Waals surface area contributed by atoms with Crippen LogP contribution in [0.5, 0.6) is 0 Å². The number of carbonyl (C=O) groups is 1. The number of nitrogens with one attached hydrogen (secondary N) is 4. The van der Waals surface area contributed by atoms with E-state index < -0.39 is 0 Å². The van der Waals surface area contributed by atoms with Crippen LogP contribution in [-0.2, 0) is 0 Å². The number of amides is 1. The molecule has 1 aromatic carbocycles. The number of para-hydroxylation sites is 1. The lowest BCUT2D eigenvalue weighted by atomic mass is 9.78. The molecule has 0 spiro atoms. The smallest absolute Gasteiger partial charge is 0.290 e. The highest BCUT2D eigenvalue weighted by Gasteiger charge is 2.27. The summed E-state index contributed by atoms with van der Waals surface area (Å²) in [6.45, 7) is 4.53. The van der Waals surface area contributed by atoms with Crippen LogP contribution in [0.25, 0.3) is 10.9 Å². The molecule has 7 heteroatoms. The molecule has 0 saturated heterocycles. The van der Waals surface area contributed by atoms with Crippen molar-refractivity contribution in [1.82, 2.24) is 26.4 Å². The summed E-state index contributed by atoms with van der Waals surface area (Å²) in [4.78, 5) is 12.3. The Labute approximate surface area is 146 Å². The molecule has 1 heterocycles. The second-order valence-electron chi connectivity index (χ2n) is 6.54. The molecule has 4 N–H and O–H groups in total. The van der Waals surface area contributed by atoms with Gasteiger partial charge in [0, 0.05) is 11.4 Å². The summed E-state index contributed by atoms with van der Waals surface area (Å²) in [7, 11) is 0. The Balaban J connectivity index is 1.55. The molecule has 1 aromatic heterocycles. The number of aromatic nitrogens is 2. The van der Waals surface area contributed by atoms with Crippen LogP contribution in [0.1, 0.15) is 43.6 Å². The number of hydrogen-bond donors (Lipinski definition) is 4. The zero-order valence-electron chi connectivity index (χ0n) is 13.9. The van der Waals surface area contributed by atoms with Crippen molar-refractivity contribution in [2.24, 2.45) is 11.8 Å². The Hall–Kier alpha value is -2.15. The van der Waals surface area contributed by atoms with Crippen LogP contribution in [0.3, 0.4) is 0 Å². The first-order chi connectivity index (χ1) is 11.6. The van der Waals surface area contributed by atoms with E-state index in [1.54, 1.807) is 0 Å². The molecule has 3 rings (SSSR count). The predicted molar refractivity (Wildman–Crippen MR) is 98.4 cm³/mol. The summed E-state index contributed by atoms with van der Waals surface area (Å²) in [5, 5.41) is 11.5. The number of carbonyl (C=O) groups excluding carboxylic acids is 1. The molecule has 1 saturated carbocycles.